The minimum atomic E-state index is -3.56. The number of anilines is 1. The minimum Gasteiger partial charge on any atom is -0.336 e. The first kappa shape index (κ1) is 25.5. The Morgan fingerprint density at radius 3 is 2.55 bits per heavy atom. The van der Waals surface area contributed by atoms with Gasteiger partial charge < -0.3 is 15.2 Å². The second kappa shape index (κ2) is 10.3. The van der Waals surface area contributed by atoms with Crippen molar-refractivity contribution in [1.29, 1.82) is 5.26 Å². The number of aromatic nitrogens is 3. The summed E-state index contributed by atoms with van der Waals surface area (Å²) in [6.45, 7) is 4.05. The highest BCUT2D eigenvalue weighted by Crippen LogP contribution is 2.43. The van der Waals surface area contributed by atoms with Gasteiger partial charge in [-0.15, -0.1) is 0 Å². The number of sulfone groups is 1. The number of amides is 2. The van der Waals surface area contributed by atoms with E-state index >= 15 is 0 Å². The predicted octanol–water partition coefficient (Wildman–Crippen LogP) is 5.11. The lowest BCUT2D eigenvalue weighted by atomic mass is 9.92. The van der Waals surface area contributed by atoms with E-state index in [4.69, 9.17) is 0 Å². The van der Waals surface area contributed by atoms with Gasteiger partial charge in [-0.05, 0) is 69.0 Å². The van der Waals surface area contributed by atoms with Crippen molar-refractivity contribution in [1.82, 2.24) is 19.7 Å². The summed E-state index contributed by atoms with van der Waals surface area (Å²) in [6.07, 6.45) is 6.38. The number of fused-ring (bicyclic) bond motifs is 1. The maximum absolute atomic E-state index is 13.2. The number of nitriles is 1. The molecule has 0 spiro atoms. The van der Waals surface area contributed by atoms with Gasteiger partial charge >= 0.3 is 6.03 Å². The second-order valence-corrected chi connectivity index (χ2v) is 12.0. The highest BCUT2D eigenvalue weighted by Gasteiger charge is 2.29. The van der Waals surface area contributed by atoms with Gasteiger partial charge in [0.2, 0.25) is 0 Å². The third kappa shape index (κ3) is 5.02. The smallest absolute Gasteiger partial charge is 0.319 e. The lowest BCUT2D eigenvalue weighted by Gasteiger charge is -2.30. The Morgan fingerprint density at radius 1 is 1.18 bits per heavy atom. The monoisotopic (exact) mass is 530 g/mol. The Kier molecular flexibility index (Phi) is 6.95. The van der Waals surface area contributed by atoms with Gasteiger partial charge in [-0.25, -0.2) is 13.2 Å². The van der Waals surface area contributed by atoms with E-state index in [2.05, 4.69) is 26.4 Å². The van der Waals surface area contributed by atoms with Crippen LogP contribution in [0.1, 0.15) is 44.7 Å². The quantitative estimate of drug-likeness (QED) is 0.328. The fraction of sp³-hybridized carbons (Fsp3) is 0.321. The molecule has 1 fully saturated rings. The molecule has 1 saturated carbocycles. The number of nitrogens with one attached hydrogen (secondary N) is 2. The molecule has 196 valence electrons. The Hall–Kier alpha value is -4.10. The van der Waals surface area contributed by atoms with E-state index < -0.39 is 9.84 Å². The van der Waals surface area contributed by atoms with Gasteiger partial charge in [0.1, 0.15) is 6.07 Å². The molecule has 2 amide bonds. The summed E-state index contributed by atoms with van der Waals surface area (Å²) in [4.78, 5) is 12.3. The maximum atomic E-state index is 13.2. The first-order valence-electron chi connectivity index (χ1n) is 12.7. The van der Waals surface area contributed by atoms with Crippen molar-refractivity contribution in [3.8, 4) is 17.3 Å². The molecule has 0 bridgehead atoms. The van der Waals surface area contributed by atoms with Crippen molar-refractivity contribution >= 4 is 32.5 Å². The number of urea groups is 1. The molecule has 2 heterocycles. The standard InChI is InChI=1S/C28H30N6O3S/c1-19(2)31-28(35)32-21-9-7-20(8-10-21)27-25(18-29)24-12-11-23(17-26(24)34(27)22-5-3-6-22)38(36,37)16-15-33-14-4-13-30-33/h4,7-14,17,19,22H,3,5-6,15-16H2,1-2H3,(H2,31,32,35). The molecule has 4 aromatic rings. The van der Waals surface area contributed by atoms with Crippen molar-refractivity contribution in [3.05, 3.63) is 66.5 Å². The minimum absolute atomic E-state index is 0.0184. The van der Waals surface area contributed by atoms with Crippen LogP contribution in [0.4, 0.5) is 10.5 Å². The molecule has 0 radical (unpaired) electrons. The first-order chi connectivity index (χ1) is 18.3. The molecule has 0 saturated heterocycles. The second-order valence-electron chi connectivity index (χ2n) is 9.89. The molecule has 0 unspecified atom stereocenters. The number of hydrogen-bond donors (Lipinski definition) is 2. The summed E-state index contributed by atoms with van der Waals surface area (Å²) in [6, 6.07) is 16.5. The van der Waals surface area contributed by atoms with Crippen molar-refractivity contribution in [2.45, 2.75) is 56.6 Å². The molecular weight excluding hydrogens is 500 g/mol. The van der Waals surface area contributed by atoms with Crippen LogP contribution in [0.5, 0.6) is 0 Å². The molecule has 10 heteroatoms. The number of nitrogens with zero attached hydrogens (tertiary/aromatic N) is 4. The Bertz CT molecular complexity index is 1610. The average Bonchev–Trinajstić information content (AvgIpc) is 3.48. The van der Waals surface area contributed by atoms with Crippen LogP contribution in [-0.4, -0.2) is 40.6 Å². The van der Waals surface area contributed by atoms with Crippen molar-refractivity contribution in [2.24, 2.45) is 0 Å². The summed E-state index contributed by atoms with van der Waals surface area (Å²) in [5.74, 6) is -0.0683. The SMILES string of the molecule is CC(C)NC(=O)Nc1ccc(-c2c(C#N)c3ccc(S(=O)(=O)CCn4cccn4)cc3n2C2CCC2)cc1. The number of rotatable bonds is 8. The van der Waals surface area contributed by atoms with Gasteiger partial charge in [0.05, 0.1) is 34.0 Å². The van der Waals surface area contributed by atoms with E-state index in [1.54, 1.807) is 41.3 Å². The zero-order chi connectivity index (χ0) is 26.9. The van der Waals surface area contributed by atoms with Crippen LogP contribution in [0.2, 0.25) is 0 Å². The predicted molar refractivity (Wildman–Crippen MR) is 147 cm³/mol. The zero-order valence-electron chi connectivity index (χ0n) is 21.4. The maximum Gasteiger partial charge on any atom is 0.319 e. The van der Waals surface area contributed by atoms with Crippen molar-refractivity contribution < 1.29 is 13.2 Å². The molecule has 0 atom stereocenters. The summed E-state index contributed by atoms with van der Waals surface area (Å²) in [5, 5.41) is 20.6. The Morgan fingerprint density at radius 2 is 1.95 bits per heavy atom. The lowest BCUT2D eigenvalue weighted by molar-refractivity contribution is 0.250. The molecule has 1 aliphatic carbocycles. The van der Waals surface area contributed by atoms with E-state index in [1.807, 2.05) is 38.1 Å². The number of hydrogen-bond acceptors (Lipinski definition) is 5. The fourth-order valence-corrected chi connectivity index (χ4v) is 6.04. The van der Waals surface area contributed by atoms with Gasteiger partial charge in [0, 0.05) is 35.6 Å². The van der Waals surface area contributed by atoms with E-state index in [-0.39, 0.29) is 35.3 Å². The molecule has 2 N–H and O–H groups in total. The topological polar surface area (TPSA) is 122 Å². The third-order valence-electron chi connectivity index (χ3n) is 6.87. The summed E-state index contributed by atoms with van der Waals surface area (Å²) >= 11 is 0. The van der Waals surface area contributed by atoms with Crippen LogP contribution in [0.15, 0.2) is 65.8 Å². The van der Waals surface area contributed by atoms with Gasteiger partial charge in [-0.2, -0.15) is 10.4 Å². The third-order valence-corrected chi connectivity index (χ3v) is 8.56. The van der Waals surface area contributed by atoms with Gasteiger partial charge in [-0.3, -0.25) is 4.68 Å². The molecule has 9 nitrogen and oxygen atoms in total. The number of benzene rings is 2. The van der Waals surface area contributed by atoms with Crippen LogP contribution >= 0.6 is 0 Å². The van der Waals surface area contributed by atoms with Crippen LogP contribution in [0.3, 0.4) is 0 Å². The first-order valence-corrected chi connectivity index (χ1v) is 14.4. The summed E-state index contributed by atoms with van der Waals surface area (Å²) < 4.78 is 30.1. The Balaban J connectivity index is 1.54. The lowest BCUT2D eigenvalue weighted by Crippen LogP contribution is -2.34. The largest absolute Gasteiger partial charge is 0.336 e. The van der Waals surface area contributed by atoms with Gasteiger partial charge in [0.15, 0.2) is 9.84 Å². The summed E-state index contributed by atoms with van der Waals surface area (Å²) in [7, 11) is -3.56. The molecule has 38 heavy (non-hydrogen) atoms. The fourth-order valence-electron chi connectivity index (χ4n) is 4.81. The van der Waals surface area contributed by atoms with Crippen molar-refractivity contribution in [2.75, 3.05) is 11.1 Å². The summed E-state index contributed by atoms with van der Waals surface area (Å²) in [5.41, 5.74) is 3.52. The molecule has 5 rings (SSSR count). The van der Waals surface area contributed by atoms with Crippen LogP contribution in [0.25, 0.3) is 22.2 Å². The molecular formula is C28H30N6O3S. The van der Waals surface area contributed by atoms with Crippen LogP contribution < -0.4 is 10.6 Å². The highest BCUT2D eigenvalue weighted by atomic mass is 32.2. The normalized spacial score (nSPS) is 13.8. The molecule has 2 aromatic heterocycles. The average molecular weight is 531 g/mol. The highest BCUT2D eigenvalue weighted by molar-refractivity contribution is 7.91. The van der Waals surface area contributed by atoms with E-state index in [1.165, 1.54) is 0 Å². The van der Waals surface area contributed by atoms with Crippen LogP contribution in [-0.2, 0) is 16.4 Å². The van der Waals surface area contributed by atoms with E-state index in [9.17, 15) is 18.5 Å². The number of carbonyl (C=O) groups excluding carboxylic acids is 1. The number of carbonyl (C=O) groups is 1. The molecule has 0 aliphatic heterocycles. The van der Waals surface area contributed by atoms with Crippen LogP contribution in [0, 0.1) is 11.3 Å². The van der Waals surface area contributed by atoms with E-state index in [0.717, 1.165) is 41.4 Å². The number of aryl methyl sites for hydroxylation is 1. The van der Waals surface area contributed by atoms with E-state index in [0.29, 0.717) is 11.3 Å². The Labute approximate surface area is 222 Å². The van der Waals surface area contributed by atoms with Crippen molar-refractivity contribution in [3.63, 3.8) is 0 Å². The van der Waals surface area contributed by atoms with Gasteiger partial charge in [-0.1, -0.05) is 18.2 Å². The van der Waals surface area contributed by atoms with Gasteiger partial charge in [0.25, 0.3) is 0 Å². The zero-order valence-corrected chi connectivity index (χ0v) is 22.2. The molecule has 1 aliphatic rings. The molecule has 2 aromatic carbocycles.